The van der Waals surface area contributed by atoms with Crippen LogP contribution in [-0.2, 0) is 16.1 Å². The maximum Gasteiger partial charge on any atom is 0.237 e. The van der Waals surface area contributed by atoms with Crippen molar-refractivity contribution in [2.75, 3.05) is 37.7 Å². The van der Waals surface area contributed by atoms with E-state index >= 15 is 0 Å². The Kier molecular flexibility index (Phi) is 8.69. The van der Waals surface area contributed by atoms with Crippen LogP contribution in [0, 0.1) is 0 Å². The highest BCUT2D eigenvalue weighted by atomic mass is 35.5. The van der Waals surface area contributed by atoms with E-state index in [1.165, 1.54) is 11.3 Å². The van der Waals surface area contributed by atoms with Gasteiger partial charge >= 0.3 is 0 Å². The first-order chi connectivity index (χ1) is 10.3. The summed E-state index contributed by atoms with van der Waals surface area (Å²) in [6, 6.07) is 8.28. The minimum Gasteiger partial charge on any atom is -0.378 e. The molecule has 0 aliphatic carbocycles. The van der Waals surface area contributed by atoms with E-state index in [4.69, 9.17) is 4.74 Å². The fraction of sp³-hybridized carbons (Fsp3) is 0.562. The number of rotatable bonds is 4. The molecule has 0 saturated carbocycles. The highest BCUT2D eigenvalue weighted by Gasteiger charge is 2.22. The third-order valence-electron chi connectivity index (χ3n) is 4.17. The predicted octanol–water partition coefficient (Wildman–Crippen LogP) is 1.73. The number of benzene rings is 1. The average Bonchev–Trinajstić information content (AvgIpc) is 3.08. The Labute approximate surface area is 150 Å². The minimum atomic E-state index is -0.0134. The van der Waals surface area contributed by atoms with Gasteiger partial charge in [-0.2, -0.15) is 0 Å². The van der Waals surface area contributed by atoms with E-state index in [-0.39, 0.29) is 36.8 Å². The molecule has 1 amide bonds. The molecule has 5 nitrogen and oxygen atoms in total. The number of amides is 1. The van der Waals surface area contributed by atoms with E-state index in [9.17, 15) is 4.79 Å². The molecule has 1 aromatic carbocycles. The van der Waals surface area contributed by atoms with Gasteiger partial charge in [-0.3, -0.25) is 4.79 Å². The van der Waals surface area contributed by atoms with Crippen LogP contribution in [0.25, 0.3) is 0 Å². The number of carbonyl (C=O) groups is 1. The summed E-state index contributed by atoms with van der Waals surface area (Å²) in [5.74, 6) is 0.115. The highest BCUT2D eigenvalue weighted by Crippen LogP contribution is 2.21. The number of para-hydroxylation sites is 1. The molecule has 2 fully saturated rings. The van der Waals surface area contributed by atoms with Crippen molar-refractivity contribution in [1.29, 1.82) is 0 Å². The van der Waals surface area contributed by atoms with Crippen molar-refractivity contribution in [2.45, 2.75) is 25.4 Å². The van der Waals surface area contributed by atoms with Crippen molar-refractivity contribution in [3.8, 4) is 0 Å². The zero-order valence-electron chi connectivity index (χ0n) is 13.1. The number of nitrogens with one attached hydrogen (secondary N) is 2. The third kappa shape index (κ3) is 5.24. The van der Waals surface area contributed by atoms with Crippen LogP contribution in [0.2, 0.25) is 0 Å². The lowest BCUT2D eigenvalue weighted by Crippen LogP contribution is -2.41. The van der Waals surface area contributed by atoms with Crippen LogP contribution in [0.1, 0.15) is 18.4 Å². The number of halogens is 2. The van der Waals surface area contributed by atoms with Gasteiger partial charge in [-0.15, -0.1) is 24.8 Å². The Bertz CT molecular complexity index is 490. The van der Waals surface area contributed by atoms with Crippen molar-refractivity contribution in [1.82, 2.24) is 10.6 Å². The van der Waals surface area contributed by atoms with Gasteiger partial charge in [0.25, 0.3) is 0 Å². The summed E-state index contributed by atoms with van der Waals surface area (Å²) in [7, 11) is 0. The van der Waals surface area contributed by atoms with E-state index in [2.05, 4.69) is 33.7 Å². The molecule has 23 heavy (non-hydrogen) atoms. The molecular formula is C16H25Cl2N3O2. The van der Waals surface area contributed by atoms with E-state index in [1.54, 1.807) is 0 Å². The lowest BCUT2D eigenvalue weighted by atomic mass is 10.1. The molecule has 3 rings (SSSR count). The smallest absolute Gasteiger partial charge is 0.237 e. The summed E-state index contributed by atoms with van der Waals surface area (Å²) in [6.45, 7) is 4.90. The van der Waals surface area contributed by atoms with Gasteiger partial charge in [0.05, 0.1) is 19.3 Å². The first kappa shape index (κ1) is 20.0. The van der Waals surface area contributed by atoms with Gasteiger partial charge in [0, 0.05) is 25.3 Å². The zero-order chi connectivity index (χ0) is 14.5. The van der Waals surface area contributed by atoms with Crippen molar-refractivity contribution in [3.05, 3.63) is 29.8 Å². The molecule has 0 spiro atoms. The molecule has 2 saturated heterocycles. The number of hydrogen-bond acceptors (Lipinski definition) is 4. The minimum absolute atomic E-state index is 0. The molecule has 2 aliphatic rings. The maximum absolute atomic E-state index is 12.1. The van der Waals surface area contributed by atoms with Gasteiger partial charge in [0.2, 0.25) is 5.91 Å². The second kappa shape index (κ2) is 9.98. The number of nitrogens with zero attached hydrogens (tertiary/aromatic N) is 1. The fourth-order valence-electron chi connectivity index (χ4n) is 2.99. The summed E-state index contributed by atoms with van der Waals surface area (Å²) in [5, 5.41) is 6.29. The number of carbonyl (C=O) groups excluding carboxylic acids is 1. The number of morpholine rings is 1. The Morgan fingerprint density at radius 3 is 2.70 bits per heavy atom. The van der Waals surface area contributed by atoms with Crippen molar-refractivity contribution in [3.63, 3.8) is 0 Å². The molecule has 2 aliphatic heterocycles. The molecule has 2 N–H and O–H groups in total. The van der Waals surface area contributed by atoms with Crippen LogP contribution in [-0.4, -0.2) is 44.8 Å². The number of hydrogen-bond donors (Lipinski definition) is 2. The standard InChI is InChI=1S/C16H23N3O2.2ClH/c20-16(14-5-3-7-17-14)18-12-13-4-1-2-6-15(13)19-8-10-21-11-9-19;;/h1-2,4,6,14,17H,3,5,7-12H2,(H,18,20);2*1H. The van der Waals surface area contributed by atoms with Gasteiger partial charge in [-0.05, 0) is 31.0 Å². The summed E-state index contributed by atoms with van der Waals surface area (Å²) in [5.41, 5.74) is 2.38. The van der Waals surface area contributed by atoms with E-state index in [1.807, 2.05) is 6.07 Å². The van der Waals surface area contributed by atoms with Crippen molar-refractivity contribution < 1.29 is 9.53 Å². The quantitative estimate of drug-likeness (QED) is 0.857. The van der Waals surface area contributed by atoms with Gasteiger partial charge < -0.3 is 20.3 Å². The Hall–Kier alpha value is -1.01. The highest BCUT2D eigenvalue weighted by molar-refractivity contribution is 5.85. The Morgan fingerprint density at radius 2 is 2.00 bits per heavy atom. The summed E-state index contributed by atoms with van der Waals surface area (Å²) >= 11 is 0. The lowest BCUT2D eigenvalue weighted by molar-refractivity contribution is -0.122. The fourth-order valence-corrected chi connectivity index (χ4v) is 2.99. The van der Waals surface area contributed by atoms with Gasteiger partial charge in [0.15, 0.2) is 0 Å². The molecule has 1 aromatic rings. The molecule has 1 atom stereocenters. The van der Waals surface area contributed by atoms with E-state index < -0.39 is 0 Å². The maximum atomic E-state index is 12.1. The summed E-state index contributed by atoms with van der Waals surface area (Å²) in [4.78, 5) is 14.4. The monoisotopic (exact) mass is 361 g/mol. The van der Waals surface area contributed by atoms with E-state index in [0.717, 1.165) is 45.7 Å². The van der Waals surface area contributed by atoms with Gasteiger partial charge in [-0.25, -0.2) is 0 Å². The normalized spacial score (nSPS) is 20.3. The lowest BCUT2D eigenvalue weighted by Gasteiger charge is -2.30. The second-order valence-electron chi connectivity index (χ2n) is 5.59. The summed E-state index contributed by atoms with van der Waals surface area (Å²) < 4.78 is 5.41. The Morgan fingerprint density at radius 1 is 1.26 bits per heavy atom. The molecule has 130 valence electrons. The Balaban J connectivity index is 0.00000132. The van der Waals surface area contributed by atoms with Crippen LogP contribution >= 0.6 is 24.8 Å². The van der Waals surface area contributed by atoms with Crippen LogP contribution < -0.4 is 15.5 Å². The van der Waals surface area contributed by atoms with Crippen LogP contribution in [0.4, 0.5) is 5.69 Å². The SMILES string of the molecule is Cl.Cl.O=C(NCc1ccccc1N1CCOCC1)C1CCCN1. The number of anilines is 1. The molecule has 0 radical (unpaired) electrons. The summed E-state index contributed by atoms with van der Waals surface area (Å²) in [6.07, 6.45) is 2.03. The first-order valence-corrected chi connectivity index (χ1v) is 7.76. The predicted molar refractivity (Wildman–Crippen MR) is 96.8 cm³/mol. The third-order valence-corrected chi connectivity index (χ3v) is 4.17. The van der Waals surface area contributed by atoms with Crippen molar-refractivity contribution in [2.24, 2.45) is 0 Å². The largest absolute Gasteiger partial charge is 0.378 e. The molecule has 0 aromatic heterocycles. The van der Waals surface area contributed by atoms with Gasteiger partial charge in [-0.1, -0.05) is 18.2 Å². The van der Waals surface area contributed by atoms with Gasteiger partial charge in [0.1, 0.15) is 0 Å². The zero-order valence-corrected chi connectivity index (χ0v) is 14.8. The molecule has 1 unspecified atom stereocenters. The first-order valence-electron chi connectivity index (χ1n) is 7.76. The molecule has 0 bridgehead atoms. The number of ether oxygens (including phenoxy) is 1. The second-order valence-corrected chi connectivity index (χ2v) is 5.59. The topological polar surface area (TPSA) is 53.6 Å². The van der Waals surface area contributed by atoms with Crippen LogP contribution in [0.5, 0.6) is 0 Å². The molecular weight excluding hydrogens is 337 g/mol. The van der Waals surface area contributed by atoms with E-state index in [0.29, 0.717) is 6.54 Å². The molecule has 2 heterocycles. The van der Waals surface area contributed by atoms with Crippen LogP contribution in [0.3, 0.4) is 0 Å². The van der Waals surface area contributed by atoms with Crippen LogP contribution in [0.15, 0.2) is 24.3 Å². The molecule has 7 heteroatoms. The van der Waals surface area contributed by atoms with Crippen molar-refractivity contribution >= 4 is 36.4 Å². The average molecular weight is 362 g/mol.